The number of hydrogen-bond donors (Lipinski definition) is 1. The molecule has 3 heteroatoms. The van der Waals surface area contributed by atoms with Gasteiger partial charge in [-0.3, -0.25) is 0 Å². The van der Waals surface area contributed by atoms with E-state index in [2.05, 4.69) is 72.3 Å². The molecule has 0 bridgehead atoms. The number of benzene rings is 1. The van der Waals surface area contributed by atoms with Crippen molar-refractivity contribution >= 4 is 27.3 Å². The van der Waals surface area contributed by atoms with Gasteiger partial charge in [-0.1, -0.05) is 41.1 Å². The SMILES string of the molecule is CCNC(c1ccccc1Br)c1sc(C)cc1C. The van der Waals surface area contributed by atoms with E-state index < -0.39 is 0 Å². The highest BCUT2D eigenvalue weighted by atomic mass is 79.9. The first-order valence-electron chi connectivity index (χ1n) is 6.18. The Hall–Kier alpha value is -0.640. The van der Waals surface area contributed by atoms with Crippen molar-refractivity contribution in [2.75, 3.05) is 6.54 Å². The van der Waals surface area contributed by atoms with Crippen LogP contribution in [0.2, 0.25) is 0 Å². The minimum absolute atomic E-state index is 0.282. The van der Waals surface area contributed by atoms with Gasteiger partial charge in [-0.05, 0) is 43.7 Å². The fourth-order valence-corrected chi connectivity index (χ4v) is 3.85. The fourth-order valence-electron chi connectivity index (χ4n) is 2.20. The van der Waals surface area contributed by atoms with Crippen molar-refractivity contribution in [2.45, 2.75) is 26.8 Å². The summed E-state index contributed by atoms with van der Waals surface area (Å²) in [5.74, 6) is 0. The molecule has 0 radical (unpaired) electrons. The molecular weight excluding hydrogens is 306 g/mol. The number of halogens is 1. The van der Waals surface area contributed by atoms with Gasteiger partial charge in [0.05, 0.1) is 6.04 Å². The van der Waals surface area contributed by atoms with Gasteiger partial charge < -0.3 is 5.32 Å². The van der Waals surface area contributed by atoms with Gasteiger partial charge in [0, 0.05) is 14.2 Å². The quantitative estimate of drug-likeness (QED) is 0.850. The van der Waals surface area contributed by atoms with Crippen LogP contribution in [0, 0.1) is 13.8 Å². The molecule has 18 heavy (non-hydrogen) atoms. The third-order valence-electron chi connectivity index (χ3n) is 2.97. The Morgan fingerprint density at radius 1 is 1.28 bits per heavy atom. The van der Waals surface area contributed by atoms with Crippen LogP contribution in [-0.2, 0) is 0 Å². The Morgan fingerprint density at radius 2 is 2.00 bits per heavy atom. The largest absolute Gasteiger partial charge is 0.306 e. The lowest BCUT2D eigenvalue weighted by atomic mass is 10.0. The first-order valence-corrected chi connectivity index (χ1v) is 7.79. The number of thiophene rings is 1. The molecule has 0 aliphatic rings. The second-order valence-corrected chi connectivity index (χ2v) is 6.56. The van der Waals surface area contributed by atoms with Crippen molar-refractivity contribution in [2.24, 2.45) is 0 Å². The molecule has 1 heterocycles. The molecule has 0 amide bonds. The van der Waals surface area contributed by atoms with Crippen molar-refractivity contribution in [3.05, 3.63) is 55.7 Å². The van der Waals surface area contributed by atoms with Crippen LogP contribution >= 0.6 is 27.3 Å². The van der Waals surface area contributed by atoms with E-state index in [4.69, 9.17) is 0 Å². The van der Waals surface area contributed by atoms with E-state index in [1.54, 1.807) is 0 Å². The van der Waals surface area contributed by atoms with Crippen molar-refractivity contribution in [3.8, 4) is 0 Å². The van der Waals surface area contributed by atoms with E-state index in [0.717, 1.165) is 6.54 Å². The molecule has 1 nitrogen and oxygen atoms in total. The molecule has 96 valence electrons. The van der Waals surface area contributed by atoms with Gasteiger partial charge in [0.1, 0.15) is 0 Å². The topological polar surface area (TPSA) is 12.0 Å². The van der Waals surface area contributed by atoms with E-state index in [1.807, 2.05) is 11.3 Å². The van der Waals surface area contributed by atoms with E-state index in [1.165, 1.54) is 25.4 Å². The second kappa shape index (κ2) is 6.00. The van der Waals surface area contributed by atoms with Crippen LogP contribution in [0.1, 0.15) is 33.8 Å². The Kier molecular flexibility index (Phi) is 4.60. The summed E-state index contributed by atoms with van der Waals surface area (Å²) in [4.78, 5) is 2.79. The van der Waals surface area contributed by atoms with Gasteiger partial charge in [-0.25, -0.2) is 0 Å². The summed E-state index contributed by atoms with van der Waals surface area (Å²) in [6.45, 7) is 7.48. The lowest BCUT2D eigenvalue weighted by molar-refractivity contribution is 0.635. The third kappa shape index (κ3) is 2.85. The second-order valence-electron chi connectivity index (χ2n) is 4.42. The van der Waals surface area contributed by atoms with Gasteiger partial charge in [-0.2, -0.15) is 0 Å². The minimum Gasteiger partial charge on any atom is -0.306 e. The number of aryl methyl sites for hydroxylation is 2. The normalized spacial score (nSPS) is 12.7. The Balaban J connectivity index is 2.46. The molecule has 0 aliphatic heterocycles. The smallest absolute Gasteiger partial charge is 0.0684 e. The van der Waals surface area contributed by atoms with Crippen LogP contribution < -0.4 is 5.32 Å². The highest BCUT2D eigenvalue weighted by Gasteiger charge is 2.19. The Bertz CT molecular complexity index is 533. The lowest BCUT2D eigenvalue weighted by Crippen LogP contribution is -2.22. The first-order chi connectivity index (χ1) is 8.63. The summed E-state index contributed by atoms with van der Waals surface area (Å²) in [5.41, 5.74) is 2.68. The summed E-state index contributed by atoms with van der Waals surface area (Å²) >= 11 is 5.54. The predicted octanol–water partition coefficient (Wildman–Crippen LogP) is 4.83. The molecule has 0 saturated carbocycles. The maximum atomic E-state index is 3.66. The zero-order valence-electron chi connectivity index (χ0n) is 11.0. The summed E-state index contributed by atoms with van der Waals surface area (Å²) in [7, 11) is 0. The monoisotopic (exact) mass is 323 g/mol. The zero-order valence-corrected chi connectivity index (χ0v) is 13.4. The highest BCUT2D eigenvalue weighted by molar-refractivity contribution is 9.10. The molecule has 1 unspecified atom stereocenters. The summed E-state index contributed by atoms with van der Waals surface area (Å²) in [6.07, 6.45) is 0. The van der Waals surface area contributed by atoms with Gasteiger partial charge in [-0.15, -0.1) is 11.3 Å². The van der Waals surface area contributed by atoms with Crippen LogP contribution in [-0.4, -0.2) is 6.54 Å². The first kappa shape index (κ1) is 13.8. The molecule has 0 fully saturated rings. The molecule has 0 saturated heterocycles. The van der Waals surface area contributed by atoms with Crippen molar-refractivity contribution in [1.82, 2.24) is 5.32 Å². The molecular formula is C15H18BrNS. The molecule has 1 aromatic heterocycles. The zero-order chi connectivity index (χ0) is 13.1. The van der Waals surface area contributed by atoms with Crippen LogP contribution in [0.25, 0.3) is 0 Å². The molecule has 2 rings (SSSR count). The van der Waals surface area contributed by atoms with Crippen molar-refractivity contribution in [1.29, 1.82) is 0 Å². The summed E-state index contributed by atoms with van der Waals surface area (Å²) < 4.78 is 1.17. The van der Waals surface area contributed by atoms with Crippen LogP contribution in [0.4, 0.5) is 0 Å². The minimum atomic E-state index is 0.282. The molecule has 1 atom stereocenters. The molecule has 1 aromatic carbocycles. The average Bonchev–Trinajstić information content (AvgIpc) is 2.66. The van der Waals surface area contributed by atoms with E-state index in [0.29, 0.717) is 0 Å². The number of nitrogens with one attached hydrogen (secondary N) is 1. The summed E-state index contributed by atoms with van der Waals surface area (Å²) in [6, 6.07) is 11.0. The standard InChI is InChI=1S/C15H18BrNS/c1-4-17-14(12-7-5-6-8-13(12)16)15-10(2)9-11(3)18-15/h5-9,14,17H,4H2,1-3H3. The predicted molar refractivity (Wildman–Crippen MR) is 83.5 cm³/mol. The van der Waals surface area contributed by atoms with Gasteiger partial charge in [0.15, 0.2) is 0 Å². The fraction of sp³-hybridized carbons (Fsp3) is 0.333. The van der Waals surface area contributed by atoms with Gasteiger partial charge in [0.25, 0.3) is 0 Å². The van der Waals surface area contributed by atoms with E-state index in [9.17, 15) is 0 Å². The van der Waals surface area contributed by atoms with Crippen LogP contribution in [0.5, 0.6) is 0 Å². The Labute approximate surface area is 121 Å². The number of hydrogen-bond acceptors (Lipinski definition) is 2. The van der Waals surface area contributed by atoms with E-state index in [-0.39, 0.29) is 6.04 Å². The third-order valence-corrected chi connectivity index (χ3v) is 4.91. The molecule has 0 spiro atoms. The Morgan fingerprint density at radius 3 is 2.56 bits per heavy atom. The maximum absolute atomic E-state index is 3.66. The highest BCUT2D eigenvalue weighted by Crippen LogP contribution is 2.34. The van der Waals surface area contributed by atoms with Gasteiger partial charge >= 0.3 is 0 Å². The van der Waals surface area contributed by atoms with Crippen LogP contribution in [0.3, 0.4) is 0 Å². The molecule has 0 aliphatic carbocycles. The van der Waals surface area contributed by atoms with E-state index >= 15 is 0 Å². The van der Waals surface area contributed by atoms with Gasteiger partial charge in [0.2, 0.25) is 0 Å². The average molecular weight is 324 g/mol. The van der Waals surface area contributed by atoms with Crippen LogP contribution in [0.15, 0.2) is 34.8 Å². The van der Waals surface area contributed by atoms with Crippen molar-refractivity contribution < 1.29 is 0 Å². The summed E-state index contributed by atoms with van der Waals surface area (Å²) in [5, 5.41) is 3.59. The molecule has 1 N–H and O–H groups in total. The molecule has 2 aromatic rings. The van der Waals surface area contributed by atoms with Crippen molar-refractivity contribution in [3.63, 3.8) is 0 Å². The maximum Gasteiger partial charge on any atom is 0.0684 e. The number of rotatable bonds is 4. The lowest BCUT2D eigenvalue weighted by Gasteiger charge is -2.19.